The second-order valence-electron chi connectivity index (χ2n) is 6.65. The lowest BCUT2D eigenvalue weighted by Gasteiger charge is -2.20. The molecule has 0 atom stereocenters. The minimum Gasteiger partial charge on any atom is -0.496 e. The van der Waals surface area contributed by atoms with Gasteiger partial charge in [0.1, 0.15) is 16.5 Å². The van der Waals surface area contributed by atoms with E-state index in [2.05, 4.69) is 4.98 Å². The number of pyridine rings is 1. The molecule has 5 nitrogen and oxygen atoms in total. The summed E-state index contributed by atoms with van der Waals surface area (Å²) in [6.07, 6.45) is 1.13. The van der Waals surface area contributed by atoms with E-state index in [1.807, 2.05) is 39.8 Å². The van der Waals surface area contributed by atoms with Crippen LogP contribution in [0.5, 0.6) is 5.75 Å². The van der Waals surface area contributed by atoms with Gasteiger partial charge in [-0.15, -0.1) is 0 Å². The van der Waals surface area contributed by atoms with E-state index in [0.29, 0.717) is 21.6 Å². The minimum atomic E-state index is -0.599. The van der Waals surface area contributed by atoms with Gasteiger partial charge in [0.15, 0.2) is 0 Å². The summed E-state index contributed by atoms with van der Waals surface area (Å²) < 4.78 is 12.5. The molecule has 0 N–H and O–H groups in total. The number of methoxy groups -OCH3 is 1. The van der Waals surface area contributed by atoms with Gasteiger partial charge >= 0.3 is 6.09 Å². The van der Waals surface area contributed by atoms with E-state index < -0.39 is 11.7 Å². The lowest BCUT2D eigenvalue weighted by Crippen LogP contribution is -2.27. The smallest absolute Gasteiger partial charge is 0.419 e. The molecule has 0 aliphatic rings. The first-order chi connectivity index (χ1) is 11.2. The molecule has 6 heteroatoms. The Hall–Kier alpha value is -2.27. The van der Waals surface area contributed by atoms with Crippen LogP contribution in [-0.2, 0) is 4.74 Å². The van der Waals surface area contributed by atoms with Crippen molar-refractivity contribution >= 4 is 39.5 Å². The molecule has 2 heterocycles. The van der Waals surface area contributed by atoms with Crippen molar-refractivity contribution in [3.05, 3.63) is 35.1 Å². The number of aromatic nitrogens is 2. The van der Waals surface area contributed by atoms with Crippen molar-refractivity contribution in [3.8, 4) is 5.75 Å². The van der Waals surface area contributed by atoms with Gasteiger partial charge in [-0.1, -0.05) is 11.6 Å². The Morgan fingerprint density at radius 2 is 1.96 bits per heavy atom. The normalized spacial score (nSPS) is 11.9. The Labute approximate surface area is 145 Å². The first-order valence-corrected chi connectivity index (χ1v) is 7.97. The predicted octanol–water partition coefficient (Wildman–Crippen LogP) is 4.94. The highest BCUT2D eigenvalue weighted by molar-refractivity contribution is 6.37. The van der Waals surface area contributed by atoms with E-state index in [1.165, 1.54) is 4.57 Å². The maximum absolute atomic E-state index is 12.8. The molecule has 3 rings (SSSR count). The van der Waals surface area contributed by atoms with Crippen LogP contribution in [0, 0.1) is 6.92 Å². The number of carbonyl (C=O) groups excluding carboxylic acids is 1. The van der Waals surface area contributed by atoms with E-state index in [0.717, 1.165) is 16.7 Å². The molecular weight excluding hydrogens is 328 g/mol. The number of carbonyl (C=O) groups is 1. The number of hydrogen-bond acceptors (Lipinski definition) is 4. The first-order valence-electron chi connectivity index (χ1n) is 7.59. The molecule has 0 spiro atoms. The van der Waals surface area contributed by atoms with Crippen LogP contribution in [0.2, 0.25) is 5.15 Å². The summed E-state index contributed by atoms with van der Waals surface area (Å²) in [5, 5.41) is 1.85. The maximum Gasteiger partial charge on any atom is 0.419 e. The minimum absolute atomic E-state index is 0.339. The number of hydrogen-bond donors (Lipinski definition) is 0. The maximum atomic E-state index is 12.8. The van der Waals surface area contributed by atoms with Gasteiger partial charge in [0.25, 0.3) is 0 Å². The highest BCUT2D eigenvalue weighted by atomic mass is 35.5. The summed E-state index contributed by atoms with van der Waals surface area (Å²) in [7, 11) is 1.61. The highest BCUT2D eigenvalue weighted by Gasteiger charge is 2.24. The average molecular weight is 347 g/mol. The van der Waals surface area contributed by atoms with Crippen LogP contribution in [0.15, 0.2) is 24.4 Å². The third-order valence-electron chi connectivity index (χ3n) is 3.72. The van der Waals surface area contributed by atoms with Gasteiger partial charge in [-0.2, -0.15) is 0 Å². The number of rotatable bonds is 1. The summed E-state index contributed by atoms with van der Waals surface area (Å²) in [6, 6.07) is 5.53. The molecular formula is C18H19ClN2O3. The van der Waals surface area contributed by atoms with Gasteiger partial charge in [0.2, 0.25) is 0 Å². The Bertz CT molecular complexity index is 954. The summed E-state index contributed by atoms with van der Waals surface area (Å²) in [6.45, 7) is 7.43. The Kier molecular flexibility index (Phi) is 3.92. The molecule has 0 bridgehead atoms. The molecule has 0 saturated carbocycles. The van der Waals surface area contributed by atoms with E-state index in [1.54, 1.807) is 19.4 Å². The Morgan fingerprint density at radius 3 is 2.58 bits per heavy atom. The van der Waals surface area contributed by atoms with Crippen molar-refractivity contribution in [1.29, 1.82) is 0 Å². The van der Waals surface area contributed by atoms with Crippen LogP contribution in [-0.4, -0.2) is 28.4 Å². The fourth-order valence-electron chi connectivity index (χ4n) is 2.77. The number of nitrogens with zero attached hydrogens (tertiary/aromatic N) is 2. The van der Waals surface area contributed by atoms with Gasteiger partial charge in [-0.05, 0) is 51.5 Å². The van der Waals surface area contributed by atoms with Crippen molar-refractivity contribution < 1.29 is 14.3 Å². The molecule has 24 heavy (non-hydrogen) atoms. The zero-order valence-electron chi connectivity index (χ0n) is 14.3. The van der Waals surface area contributed by atoms with Gasteiger partial charge in [-0.25, -0.2) is 14.3 Å². The monoisotopic (exact) mass is 346 g/mol. The Balaban J connectivity index is 2.40. The molecule has 0 fully saturated rings. The third kappa shape index (κ3) is 2.69. The summed E-state index contributed by atoms with van der Waals surface area (Å²) >= 11 is 6.31. The van der Waals surface area contributed by atoms with Crippen LogP contribution in [0.4, 0.5) is 4.79 Å². The SMILES string of the molecule is COc1cc2c3c(Cl)nccc3n(C(=O)OC(C)(C)C)c2cc1C. The van der Waals surface area contributed by atoms with Crippen LogP contribution < -0.4 is 4.74 Å². The molecule has 1 aromatic carbocycles. The Morgan fingerprint density at radius 1 is 1.25 bits per heavy atom. The van der Waals surface area contributed by atoms with Crippen molar-refractivity contribution in [2.24, 2.45) is 0 Å². The molecule has 2 aromatic heterocycles. The number of ether oxygens (including phenoxy) is 2. The molecule has 0 unspecified atom stereocenters. The van der Waals surface area contributed by atoms with Gasteiger partial charge in [0.05, 0.1) is 18.1 Å². The molecule has 0 radical (unpaired) electrons. The topological polar surface area (TPSA) is 53.4 Å². The van der Waals surface area contributed by atoms with Gasteiger partial charge < -0.3 is 9.47 Å². The molecule has 0 saturated heterocycles. The van der Waals surface area contributed by atoms with Crippen LogP contribution >= 0.6 is 11.6 Å². The summed E-state index contributed by atoms with van der Waals surface area (Å²) in [4.78, 5) is 16.9. The quantitative estimate of drug-likeness (QED) is 0.585. The molecule has 3 aromatic rings. The van der Waals surface area contributed by atoms with Crippen molar-refractivity contribution in [1.82, 2.24) is 9.55 Å². The molecule has 126 valence electrons. The van der Waals surface area contributed by atoms with Crippen LogP contribution in [0.3, 0.4) is 0 Å². The first kappa shape index (κ1) is 16.6. The standard InChI is InChI=1S/C18H19ClN2O3/c1-10-8-13-11(9-14(10)23-5)15-12(6-7-20-16(15)19)21(13)17(22)24-18(2,3)4/h6-9H,1-5H3. The van der Waals surface area contributed by atoms with Crippen molar-refractivity contribution in [2.75, 3.05) is 7.11 Å². The van der Waals surface area contributed by atoms with E-state index in [-0.39, 0.29) is 0 Å². The number of halogens is 1. The molecule has 0 aliphatic carbocycles. The average Bonchev–Trinajstić information content (AvgIpc) is 2.79. The molecule has 0 amide bonds. The number of fused-ring (bicyclic) bond motifs is 3. The highest BCUT2D eigenvalue weighted by Crippen LogP contribution is 2.36. The predicted molar refractivity (Wildman–Crippen MR) is 95.2 cm³/mol. The van der Waals surface area contributed by atoms with Crippen molar-refractivity contribution in [2.45, 2.75) is 33.3 Å². The van der Waals surface area contributed by atoms with Crippen LogP contribution in [0.25, 0.3) is 21.8 Å². The third-order valence-corrected chi connectivity index (χ3v) is 4.01. The zero-order valence-corrected chi connectivity index (χ0v) is 15.1. The summed E-state index contributed by atoms with van der Waals surface area (Å²) in [5.41, 5.74) is 1.69. The van der Waals surface area contributed by atoms with E-state index in [9.17, 15) is 4.79 Å². The largest absolute Gasteiger partial charge is 0.496 e. The summed E-state index contributed by atoms with van der Waals surface area (Å²) in [5.74, 6) is 0.727. The fraction of sp³-hybridized carbons (Fsp3) is 0.333. The van der Waals surface area contributed by atoms with Gasteiger partial charge in [0, 0.05) is 17.0 Å². The number of aryl methyl sites for hydroxylation is 1. The van der Waals surface area contributed by atoms with E-state index in [4.69, 9.17) is 21.1 Å². The van der Waals surface area contributed by atoms with Crippen LogP contribution in [0.1, 0.15) is 26.3 Å². The second kappa shape index (κ2) is 5.67. The lowest BCUT2D eigenvalue weighted by molar-refractivity contribution is 0.0551. The lowest BCUT2D eigenvalue weighted by atomic mass is 10.1. The molecule has 0 aliphatic heterocycles. The second-order valence-corrected chi connectivity index (χ2v) is 7.01. The van der Waals surface area contributed by atoms with E-state index >= 15 is 0 Å². The fourth-order valence-corrected chi connectivity index (χ4v) is 3.03. The van der Waals surface area contributed by atoms with Gasteiger partial charge in [-0.3, -0.25) is 0 Å². The van der Waals surface area contributed by atoms with Crippen molar-refractivity contribution in [3.63, 3.8) is 0 Å². The zero-order chi connectivity index (χ0) is 17.6. The number of benzene rings is 1.